The number of hydrogen-bond donors (Lipinski definition) is 0. The summed E-state index contributed by atoms with van der Waals surface area (Å²) in [5.74, 6) is 0.125. The van der Waals surface area contributed by atoms with Crippen molar-refractivity contribution in [2.75, 3.05) is 40.0 Å². The zero-order valence-electron chi connectivity index (χ0n) is 13.2. The minimum atomic E-state index is -0.129. The summed E-state index contributed by atoms with van der Waals surface area (Å²) in [6.07, 6.45) is 4.44. The van der Waals surface area contributed by atoms with Gasteiger partial charge in [-0.2, -0.15) is 9.60 Å². The van der Waals surface area contributed by atoms with Gasteiger partial charge in [0.05, 0.1) is 26.2 Å². The van der Waals surface area contributed by atoms with E-state index in [1.165, 1.54) is 0 Å². The second kappa shape index (κ2) is 7.33. The van der Waals surface area contributed by atoms with E-state index in [1.807, 2.05) is 0 Å². The molecular formula is C15H27N2O4+. The normalized spacial score (nSPS) is 31.6. The summed E-state index contributed by atoms with van der Waals surface area (Å²) in [7, 11) is 1.63. The monoisotopic (exact) mass is 299 g/mol. The molecule has 2 rings (SSSR count). The molecule has 0 aromatic heterocycles. The van der Waals surface area contributed by atoms with Crippen LogP contribution in [0.4, 0.5) is 0 Å². The highest BCUT2D eigenvalue weighted by Crippen LogP contribution is 2.25. The number of amides is 2. The first kappa shape index (κ1) is 16.4. The molecule has 21 heavy (non-hydrogen) atoms. The van der Waals surface area contributed by atoms with Gasteiger partial charge in [0, 0.05) is 14.0 Å². The molecule has 2 aliphatic heterocycles. The Morgan fingerprint density at radius 3 is 2.86 bits per heavy atom. The van der Waals surface area contributed by atoms with Gasteiger partial charge in [-0.05, 0) is 12.8 Å². The summed E-state index contributed by atoms with van der Waals surface area (Å²) in [6, 6.07) is 0. The summed E-state index contributed by atoms with van der Waals surface area (Å²) in [4.78, 5) is 25.0. The van der Waals surface area contributed by atoms with Crippen molar-refractivity contribution >= 4 is 11.8 Å². The van der Waals surface area contributed by atoms with Gasteiger partial charge in [-0.1, -0.05) is 12.8 Å². The van der Waals surface area contributed by atoms with Crippen LogP contribution in [0.5, 0.6) is 0 Å². The number of hydrogen-bond acceptors (Lipinski definition) is 4. The highest BCUT2D eigenvalue weighted by Gasteiger charge is 2.48. The summed E-state index contributed by atoms with van der Waals surface area (Å²) >= 11 is 0. The third kappa shape index (κ3) is 3.62. The van der Waals surface area contributed by atoms with Gasteiger partial charge in [0.1, 0.15) is 19.2 Å². The Morgan fingerprint density at radius 2 is 2.14 bits per heavy atom. The molecule has 2 amide bonds. The number of rotatable bonds is 2. The molecule has 1 spiro atoms. The van der Waals surface area contributed by atoms with Crippen LogP contribution in [-0.2, 0) is 19.1 Å². The standard InChI is InChI=1S/C15H27N2O4/c1-13(18)16-8-6-4-3-5-7-15(19)17(16)9-10-21-14(11-17)12-20-2/h14H,3-12H2,1-2H3/q+1. The van der Waals surface area contributed by atoms with Crippen LogP contribution in [0.15, 0.2) is 0 Å². The molecule has 2 heterocycles. The lowest BCUT2D eigenvalue weighted by Gasteiger charge is -2.46. The summed E-state index contributed by atoms with van der Waals surface area (Å²) in [6.45, 7) is 4.22. The lowest BCUT2D eigenvalue weighted by molar-refractivity contribution is -0.965. The maximum atomic E-state index is 12.8. The van der Waals surface area contributed by atoms with Gasteiger partial charge in [0.15, 0.2) is 0 Å². The van der Waals surface area contributed by atoms with Crippen LogP contribution in [0.2, 0.25) is 0 Å². The van der Waals surface area contributed by atoms with Gasteiger partial charge < -0.3 is 9.47 Å². The van der Waals surface area contributed by atoms with E-state index in [2.05, 4.69) is 0 Å². The average Bonchev–Trinajstić information content (AvgIpc) is 2.52. The van der Waals surface area contributed by atoms with E-state index in [9.17, 15) is 9.59 Å². The fourth-order valence-corrected chi connectivity index (χ4v) is 3.44. The highest BCUT2D eigenvalue weighted by molar-refractivity contribution is 5.76. The van der Waals surface area contributed by atoms with Gasteiger partial charge in [0.25, 0.3) is 5.91 Å². The second-order valence-corrected chi connectivity index (χ2v) is 5.98. The largest absolute Gasteiger partial charge is 0.382 e. The van der Waals surface area contributed by atoms with Gasteiger partial charge in [-0.3, -0.25) is 4.79 Å². The van der Waals surface area contributed by atoms with Crippen LogP contribution < -0.4 is 0 Å². The molecule has 0 aromatic rings. The summed E-state index contributed by atoms with van der Waals surface area (Å²) in [5, 5.41) is 1.76. The van der Waals surface area contributed by atoms with E-state index in [-0.39, 0.29) is 22.5 Å². The first-order chi connectivity index (χ1) is 10.1. The number of morpholine rings is 1. The van der Waals surface area contributed by atoms with Crippen LogP contribution in [-0.4, -0.2) is 67.5 Å². The molecule has 0 saturated carbocycles. The third-order valence-corrected chi connectivity index (χ3v) is 4.47. The van der Waals surface area contributed by atoms with E-state index in [1.54, 1.807) is 19.0 Å². The van der Waals surface area contributed by atoms with Gasteiger partial charge in [0.2, 0.25) is 0 Å². The Hall–Kier alpha value is -0.980. The molecule has 6 heteroatoms. The molecule has 0 bridgehead atoms. The van der Waals surface area contributed by atoms with Gasteiger partial charge in [-0.15, -0.1) is 0 Å². The molecule has 2 atom stereocenters. The number of quaternary nitrogens is 1. The fourth-order valence-electron chi connectivity index (χ4n) is 3.44. The first-order valence-electron chi connectivity index (χ1n) is 7.90. The Balaban J connectivity index is 2.29. The SMILES string of the molecule is COCC1C[N+]2(CCO1)C(=O)CCCCCCN2C(C)=O. The molecule has 120 valence electrons. The van der Waals surface area contributed by atoms with Crippen molar-refractivity contribution in [1.29, 1.82) is 0 Å². The fraction of sp³-hybridized carbons (Fsp3) is 0.867. The van der Waals surface area contributed by atoms with Crippen molar-refractivity contribution in [2.45, 2.75) is 45.1 Å². The summed E-state index contributed by atoms with van der Waals surface area (Å²) in [5.41, 5.74) is 0. The quantitative estimate of drug-likeness (QED) is 0.717. The van der Waals surface area contributed by atoms with E-state index >= 15 is 0 Å². The molecule has 6 nitrogen and oxygen atoms in total. The van der Waals surface area contributed by atoms with Gasteiger partial charge >= 0.3 is 5.91 Å². The predicted octanol–water partition coefficient (Wildman–Crippen LogP) is 1.10. The van der Waals surface area contributed by atoms with E-state index in [0.29, 0.717) is 39.3 Å². The molecule has 2 fully saturated rings. The summed E-state index contributed by atoms with van der Waals surface area (Å²) < 4.78 is 11.0. The van der Waals surface area contributed by atoms with Crippen LogP contribution in [0.25, 0.3) is 0 Å². The molecule has 0 aromatic carbocycles. The molecule has 2 aliphatic rings. The van der Waals surface area contributed by atoms with Crippen molar-refractivity contribution in [2.24, 2.45) is 0 Å². The Morgan fingerprint density at radius 1 is 1.38 bits per heavy atom. The highest BCUT2D eigenvalue weighted by atomic mass is 16.5. The van der Waals surface area contributed by atoms with E-state index in [4.69, 9.17) is 9.47 Å². The van der Waals surface area contributed by atoms with E-state index in [0.717, 1.165) is 25.7 Å². The zero-order valence-corrected chi connectivity index (χ0v) is 13.2. The molecule has 2 saturated heterocycles. The Bertz CT molecular complexity index is 386. The molecule has 0 radical (unpaired) electrons. The van der Waals surface area contributed by atoms with Crippen LogP contribution in [0.1, 0.15) is 39.0 Å². The van der Waals surface area contributed by atoms with Crippen LogP contribution in [0, 0.1) is 0 Å². The Labute approximate surface area is 126 Å². The van der Waals surface area contributed by atoms with Crippen molar-refractivity contribution in [1.82, 2.24) is 5.01 Å². The van der Waals surface area contributed by atoms with Crippen molar-refractivity contribution in [3.8, 4) is 0 Å². The average molecular weight is 299 g/mol. The number of carbonyl (C=O) groups is 2. The smallest absolute Gasteiger partial charge is 0.338 e. The lowest BCUT2D eigenvalue weighted by atomic mass is 10.1. The van der Waals surface area contributed by atoms with Crippen LogP contribution in [0.3, 0.4) is 0 Å². The van der Waals surface area contributed by atoms with Crippen molar-refractivity contribution in [3.63, 3.8) is 0 Å². The maximum absolute atomic E-state index is 12.8. The first-order valence-corrected chi connectivity index (χ1v) is 7.90. The van der Waals surface area contributed by atoms with Gasteiger partial charge in [-0.25, -0.2) is 4.79 Å². The molecule has 0 aliphatic carbocycles. The molecule has 0 N–H and O–H groups in total. The number of carbonyl (C=O) groups excluding carboxylic acids is 2. The molecular weight excluding hydrogens is 272 g/mol. The maximum Gasteiger partial charge on any atom is 0.338 e. The van der Waals surface area contributed by atoms with Crippen LogP contribution >= 0.6 is 0 Å². The topological polar surface area (TPSA) is 55.8 Å². The predicted molar refractivity (Wildman–Crippen MR) is 77.1 cm³/mol. The number of ether oxygens (including phenoxy) is 2. The minimum Gasteiger partial charge on any atom is -0.382 e. The molecule has 2 unspecified atom stereocenters. The third-order valence-electron chi connectivity index (χ3n) is 4.47. The number of methoxy groups -OCH3 is 1. The lowest BCUT2D eigenvalue weighted by Crippen LogP contribution is -2.71. The Kier molecular flexibility index (Phi) is 5.72. The van der Waals surface area contributed by atoms with Crippen molar-refractivity contribution in [3.05, 3.63) is 0 Å². The van der Waals surface area contributed by atoms with E-state index < -0.39 is 0 Å². The number of nitrogens with zero attached hydrogens (tertiary/aromatic N) is 2. The second-order valence-electron chi connectivity index (χ2n) is 5.98. The minimum absolute atomic E-state index is 0.0247. The zero-order chi connectivity index (χ0) is 15.3. The van der Waals surface area contributed by atoms with Crippen molar-refractivity contribution < 1.29 is 23.7 Å².